The molecule has 0 atom stereocenters. The van der Waals surface area contributed by atoms with E-state index in [1.54, 1.807) is 0 Å². The minimum absolute atomic E-state index is 0.775. The number of benzene rings is 1. The topological polar surface area (TPSA) is 30.5 Å². The highest BCUT2D eigenvalue weighted by Crippen LogP contribution is 2.25. The monoisotopic (exact) mass is 307 g/mol. The van der Waals surface area contributed by atoms with Crippen LogP contribution in [0.25, 0.3) is 0 Å². The first-order valence-electron chi connectivity index (χ1n) is 8.91. The molecule has 3 nitrogen and oxygen atoms in total. The van der Waals surface area contributed by atoms with E-state index < -0.39 is 0 Å². The summed E-state index contributed by atoms with van der Waals surface area (Å²) in [5, 5.41) is 3.48. The Balaban J connectivity index is 2.62. The van der Waals surface area contributed by atoms with Gasteiger partial charge in [-0.1, -0.05) is 46.1 Å². The molecule has 126 valence electrons. The third kappa shape index (κ3) is 7.69. The summed E-state index contributed by atoms with van der Waals surface area (Å²) >= 11 is 0. The molecule has 0 radical (unpaired) electrons. The van der Waals surface area contributed by atoms with Gasteiger partial charge in [0.25, 0.3) is 0 Å². The average molecular weight is 307 g/mol. The Morgan fingerprint density at radius 1 is 0.864 bits per heavy atom. The van der Waals surface area contributed by atoms with Crippen LogP contribution in [0.3, 0.4) is 0 Å². The van der Waals surface area contributed by atoms with Crippen molar-refractivity contribution >= 4 is 0 Å². The molecular weight excluding hydrogens is 274 g/mol. The predicted molar refractivity (Wildman–Crippen MR) is 93.9 cm³/mol. The van der Waals surface area contributed by atoms with Crippen molar-refractivity contribution in [3.05, 3.63) is 23.8 Å². The van der Waals surface area contributed by atoms with Gasteiger partial charge in [0, 0.05) is 18.2 Å². The van der Waals surface area contributed by atoms with Crippen molar-refractivity contribution in [1.29, 1.82) is 0 Å². The lowest BCUT2D eigenvalue weighted by molar-refractivity contribution is 0.291. The second-order valence-corrected chi connectivity index (χ2v) is 5.70. The highest BCUT2D eigenvalue weighted by Gasteiger charge is 2.06. The number of unbranched alkanes of at least 4 members (excludes halogenated alkanes) is 3. The first kappa shape index (κ1) is 18.8. The molecular formula is C19H33NO2. The van der Waals surface area contributed by atoms with Gasteiger partial charge in [-0.3, -0.25) is 0 Å². The summed E-state index contributed by atoms with van der Waals surface area (Å²) in [5.41, 5.74) is 1.22. The first-order valence-corrected chi connectivity index (χ1v) is 8.91. The van der Waals surface area contributed by atoms with Crippen LogP contribution in [0.5, 0.6) is 11.5 Å². The van der Waals surface area contributed by atoms with Gasteiger partial charge in [-0.2, -0.15) is 0 Å². The van der Waals surface area contributed by atoms with E-state index in [2.05, 4.69) is 38.2 Å². The average Bonchev–Trinajstić information content (AvgIpc) is 2.53. The summed E-state index contributed by atoms with van der Waals surface area (Å²) in [6.07, 6.45) is 6.91. The summed E-state index contributed by atoms with van der Waals surface area (Å²) in [7, 11) is 0. The van der Waals surface area contributed by atoms with Crippen molar-refractivity contribution in [3.63, 3.8) is 0 Å². The van der Waals surface area contributed by atoms with Crippen LogP contribution in [0.4, 0.5) is 0 Å². The summed E-state index contributed by atoms with van der Waals surface area (Å²) in [5.74, 6) is 1.88. The third-order valence-corrected chi connectivity index (χ3v) is 3.58. The number of rotatable bonds is 13. The molecule has 3 heteroatoms. The standard InChI is InChI=1S/C19H33NO2/c1-4-7-12-20-16-17-10-11-18(21-13-8-5-2)15-19(17)22-14-9-6-3/h10-11,15,20H,4-9,12-14,16H2,1-3H3. The lowest BCUT2D eigenvalue weighted by Crippen LogP contribution is -2.15. The van der Waals surface area contributed by atoms with Gasteiger partial charge in [0.2, 0.25) is 0 Å². The quantitative estimate of drug-likeness (QED) is 0.524. The molecule has 0 aliphatic carbocycles. The van der Waals surface area contributed by atoms with Crippen LogP contribution in [-0.4, -0.2) is 19.8 Å². The second kappa shape index (κ2) is 12.3. The zero-order valence-electron chi connectivity index (χ0n) is 14.6. The minimum atomic E-state index is 0.775. The van der Waals surface area contributed by atoms with E-state index in [0.29, 0.717) is 0 Å². The zero-order chi connectivity index (χ0) is 16.0. The molecule has 1 N–H and O–H groups in total. The van der Waals surface area contributed by atoms with Gasteiger partial charge in [-0.15, -0.1) is 0 Å². The Bertz CT molecular complexity index is 393. The molecule has 0 unspecified atom stereocenters. The van der Waals surface area contributed by atoms with E-state index in [4.69, 9.17) is 9.47 Å². The second-order valence-electron chi connectivity index (χ2n) is 5.70. The third-order valence-electron chi connectivity index (χ3n) is 3.58. The van der Waals surface area contributed by atoms with E-state index in [1.807, 2.05) is 6.07 Å². The van der Waals surface area contributed by atoms with Crippen LogP contribution >= 0.6 is 0 Å². The molecule has 0 amide bonds. The lowest BCUT2D eigenvalue weighted by Gasteiger charge is -2.14. The largest absolute Gasteiger partial charge is 0.493 e. The molecule has 0 spiro atoms. The number of hydrogen-bond acceptors (Lipinski definition) is 3. The van der Waals surface area contributed by atoms with Gasteiger partial charge < -0.3 is 14.8 Å². The Hall–Kier alpha value is -1.22. The molecule has 1 aromatic carbocycles. The van der Waals surface area contributed by atoms with Crippen molar-refractivity contribution in [2.24, 2.45) is 0 Å². The van der Waals surface area contributed by atoms with Crippen molar-refractivity contribution in [2.75, 3.05) is 19.8 Å². The molecule has 0 saturated carbocycles. The van der Waals surface area contributed by atoms with Crippen molar-refractivity contribution in [1.82, 2.24) is 5.32 Å². The van der Waals surface area contributed by atoms with Crippen LogP contribution < -0.4 is 14.8 Å². The van der Waals surface area contributed by atoms with Crippen molar-refractivity contribution in [3.8, 4) is 11.5 Å². The molecule has 0 saturated heterocycles. The maximum Gasteiger partial charge on any atom is 0.127 e. The number of hydrogen-bond donors (Lipinski definition) is 1. The zero-order valence-corrected chi connectivity index (χ0v) is 14.6. The van der Waals surface area contributed by atoms with E-state index in [0.717, 1.165) is 63.5 Å². The van der Waals surface area contributed by atoms with Crippen LogP contribution in [0.2, 0.25) is 0 Å². The Morgan fingerprint density at radius 2 is 1.55 bits per heavy atom. The van der Waals surface area contributed by atoms with E-state index >= 15 is 0 Å². The highest BCUT2D eigenvalue weighted by molar-refractivity contribution is 5.40. The molecule has 1 aromatic rings. The predicted octanol–water partition coefficient (Wildman–Crippen LogP) is 4.93. The van der Waals surface area contributed by atoms with Crippen molar-refractivity contribution < 1.29 is 9.47 Å². The number of ether oxygens (including phenoxy) is 2. The molecule has 22 heavy (non-hydrogen) atoms. The fraction of sp³-hybridized carbons (Fsp3) is 0.684. The van der Waals surface area contributed by atoms with E-state index in [9.17, 15) is 0 Å². The summed E-state index contributed by atoms with van der Waals surface area (Å²) in [6, 6.07) is 6.23. The maximum absolute atomic E-state index is 5.96. The molecule has 0 aliphatic heterocycles. The van der Waals surface area contributed by atoms with Crippen molar-refractivity contribution in [2.45, 2.75) is 65.8 Å². The lowest BCUT2D eigenvalue weighted by atomic mass is 10.2. The molecule has 0 heterocycles. The highest BCUT2D eigenvalue weighted by atomic mass is 16.5. The van der Waals surface area contributed by atoms with E-state index in [1.165, 1.54) is 18.4 Å². The fourth-order valence-corrected chi connectivity index (χ4v) is 2.09. The maximum atomic E-state index is 5.96. The molecule has 0 fully saturated rings. The minimum Gasteiger partial charge on any atom is -0.493 e. The van der Waals surface area contributed by atoms with E-state index in [-0.39, 0.29) is 0 Å². The molecule has 0 bridgehead atoms. The number of nitrogens with one attached hydrogen (secondary N) is 1. The molecule has 0 aliphatic rings. The van der Waals surface area contributed by atoms with Crippen LogP contribution in [0.15, 0.2) is 18.2 Å². The first-order chi connectivity index (χ1) is 10.8. The summed E-state index contributed by atoms with van der Waals surface area (Å²) < 4.78 is 11.8. The summed E-state index contributed by atoms with van der Waals surface area (Å²) in [4.78, 5) is 0. The molecule has 0 aromatic heterocycles. The van der Waals surface area contributed by atoms with Gasteiger partial charge in [-0.05, 0) is 31.9 Å². The normalized spacial score (nSPS) is 10.7. The van der Waals surface area contributed by atoms with Gasteiger partial charge in [0.15, 0.2) is 0 Å². The Labute approximate surface area is 136 Å². The summed E-state index contributed by atoms with van der Waals surface area (Å²) in [6.45, 7) is 10.0. The van der Waals surface area contributed by atoms with Gasteiger partial charge >= 0.3 is 0 Å². The van der Waals surface area contributed by atoms with Gasteiger partial charge in [-0.25, -0.2) is 0 Å². The van der Waals surface area contributed by atoms with Crippen LogP contribution in [0.1, 0.15) is 64.9 Å². The van der Waals surface area contributed by atoms with Crippen LogP contribution in [0, 0.1) is 0 Å². The van der Waals surface area contributed by atoms with Gasteiger partial charge in [0.1, 0.15) is 11.5 Å². The van der Waals surface area contributed by atoms with Gasteiger partial charge in [0.05, 0.1) is 13.2 Å². The molecule has 1 rings (SSSR count). The Kier molecular flexibility index (Phi) is 10.6. The smallest absolute Gasteiger partial charge is 0.127 e. The fourth-order valence-electron chi connectivity index (χ4n) is 2.09. The van der Waals surface area contributed by atoms with Crippen LogP contribution in [-0.2, 0) is 6.54 Å². The Morgan fingerprint density at radius 3 is 2.23 bits per heavy atom. The SMILES string of the molecule is CCCCNCc1ccc(OCCCC)cc1OCCCC.